The van der Waals surface area contributed by atoms with Crippen molar-refractivity contribution in [3.05, 3.63) is 65.6 Å². The molecular weight excluding hydrogens is 330 g/mol. The third kappa shape index (κ3) is 3.74. The van der Waals surface area contributed by atoms with Gasteiger partial charge >= 0.3 is 0 Å². The number of benzene rings is 1. The van der Waals surface area contributed by atoms with E-state index in [1.54, 1.807) is 47.4 Å². The lowest BCUT2D eigenvalue weighted by Gasteiger charge is -2.09. The lowest BCUT2D eigenvalue weighted by Crippen LogP contribution is -2.09. The molecule has 2 heterocycles. The molecule has 3 rings (SSSR count). The van der Waals surface area contributed by atoms with Crippen molar-refractivity contribution in [3.63, 3.8) is 0 Å². The monoisotopic (exact) mass is 343 g/mol. The summed E-state index contributed by atoms with van der Waals surface area (Å²) in [5.74, 6) is 0.454. The van der Waals surface area contributed by atoms with E-state index >= 15 is 0 Å². The smallest absolute Gasteiger partial charge is 0.150 e. The first-order valence-corrected chi connectivity index (χ1v) is 7.74. The average Bonchev–Trinajstić information content (AvgIpc) is 3.16. The summed E-state index contributed by atoms with van der Waals surface area (Å²) in [5, 5.41) is 22.2. The number of carbonyl (C=O) groups is 1. The SMILES string of the molecule is N#Cc1cnn(CCOc2ccc(-c3cc(C=O)ccn3)cc2C#N)c1. The second-order valence-electron chi connectivity index (χ2n) is 5.37. The van der Waals surface area contributed by atoms with Gasteiger partial charge in [-0.2, -0.15) is 15.6 Å². The van der Waals surface area contributed by atoms with Crippen LogP contribution in [-0.4, -0.2) is 27.7 Å². The number of aldehydes is 1. The van der Waals surface area contributed by atoms with E-state index < -0.39 is 0 Å². The molecule has 0 saturated carbocycles. The van der Waals surface area contributed by atoms with Gasteiger partial charge in [0.25, 0.3) is 0 Å². The van der Waals surface area contributed by atoms with Crippen LogP contribution in [-0.2, 0) is 6.54 Å². The summed E-state index contributed by atoms with van der Waals surface area (Å²) in [6, 6.07) is 12.6. The molecule has 0 radical (unpaired) electrons. The Morgan fingerprint density at radius 2 is 2.08 bits per heavy atom. The van der Waals surface area contributed by atoms with E-state index in [9.17, 15) is 10.1 Å². The molecule has 1 aromatic carbocycles. The fourth-order valence-corrected chi connectivity index (χ4v) is 2.37. The lowest BCUT2D eigenvalue weighted by atomic mass is 10.1. The predicted molar refractivity (Wildman–Crippen MR) is 92.2 cm³/mol. The quantitative estimate of drug-likeness (QED) is 0.637. The fourth-order valence-electron chi connectivity index (χ4n) is 2.37. The van der Waals surface area contributed by atoms with E-state index in [1.807, 2.05) is 6.07 Å². The topological polar surface area (TPSA) is 105 Å². The van der Waals surface area contributed by atoms with Crippen LogP contribution in [0.5, 0.6) is 5.75 Å². The second-order valence-corrected chi connectivity index (χ2v) is 5.37. The zero-order valence-corrected chi connectivity index (χ0v) is 13.7. The van der Waals surface area contributed by atoms with Crippen LogP contribution in [0.25, 0.3) is 11.3 Å². The highest BCUT2D eigenvalue weighted by atomic mass is 16.5. The van der Waals surface area contributed by atoms with Crippen LogP contribution in [0.4, 0.5) is 0 Å². The maximum atomic E-state index is 10.9. The van der Waals surface area contributed by atoms with Gasteiger partial charge in [-0.15, -0.1) is 0 Å². The molecular formula is C19H13N5O2. The minimum absolute atomic E-state index is 0.305. The standard InChI is InChI=1S/C19H13N5O2/c20-9-15-11-23-24(12-15)5-6-26-19-2-1-16(8-17(19)10-21)18-7-14(13-25)3-4-22-18/h1-4,7-8,11-13H,5-6H2. The molecule has 0 aliphatic rings. The minimum Gasteiger partial charge on any atom is -0.490 e. The highest BCUT2D eigenvalue weighted by molar-refractivity contribution is 5.77. The van der Waals surface area contributed by atoms with Crippen molar-refractivity contribution in [2.45, 2.75) is 6.54 Å². The Kier molecular flexibility index (Phi) is 5.02. The van der Waals surface area contributed by atoms with Crippen molar-refractivity contribution in [3.8, 4) is 29.1 Å². The van der Waals surface area contributed by atoms with Crippen LogP contribution in [0.2, 0.25) is 0 Å². The third-order valence-electron chi connectivity index (χ3n) is 3.66. The molecule has 3 aromatic rings. The summed E-state index contributed by atoms with van der Waals surface area (Å²) in [6.07, 6.45) is 5.41. The van der Waals surface area contributed by atoms with Gasteiger partial charge in [-0.05, 0) is 30.3 Å². The van der Waals surface area contributed by atoms with Gasteiger partial charge in [-0.3, -0.25) is 14.5 Å². The van der Waals surface area contributed by atoms with Crippen LogP contribution in [0, 0.1) is 22.7 Å². The molecule has 126 valence electrons. The number of aromatic nitrogens is 3. The number of nitriles is 2. The van der Waals surface area contributed by atoms with E-state index in [1.165, 1.54) is 6.20 Å². The maximum absolute atomic E-state index is 10.9. The summed E-state index contributed by atoms with van der Waals surface area (Å²) in [6.45, 7) is 0.761. The molecule has 26 heavy (non-hydrogen) atoms. The number of ether oxygens (including phenoxy) is 1. The molecule has 0 amide bonds. The van der Waals surface area contributed by atoms with Gasteiger partial charge < -0.3 is 4.74 Å². The van der Waals surface area contributed by atoms with Crippen LogP contribution < -0.4 is 4.74 Å². The van der Waals surface area contributed by atoms with Crippen LogP contribution in [0.1, 0.15) is 21.5 Å². The molecule has 0 saturated heterocycles. The summed E-state index contributed by atoms with van der Waals surface area (Å²) in [4.78, 5) is 15.1. The summed E-state index contributed by atoms with van der Waals surface area (Å²) in [5.41, 5.74) is 2.71. The highest BCUT2D eigenvalue weighted by Crippen LogP contribution is 2.25. The van der Waals surface area contributed by atoms with Crippen LogP contribution >= 0.6 is 0 Å². The van der Waals surface area contributed by atoms with Crippen LogP contribution in [0.3, 0.4) is 0 Å². The molecule has 0 atom stereocenters. The third-order valence-corrected chi connectivity index (χ3v) is 3.66. The normalized spacial score (nSPS) is 9.92. The highest BCUT2D eigenvalue weighted by Gasteiger charge is 2.08. The van der Waals surface area contributed by atoms with Crippen molar-refractivity contribution < 1.29 is 9.53 Å². The van der Waals surface area contributed by atoms with Gasteiger partial charge in [-0.1, -0.05) is 0 Å². The molecule has 0 fully saturated rings. The fraction of sp³-hybridized carbons (Fsp3) is 0.105. The Labute approximate surface area is 149 Å². The molecule has 0 aliphatic heterocycles. The molecule has 0 spiro atoms. The first-order valence-electron chi connectivity index (χ1n) is 7.74. The van der Waals surface area contributed by atoms with Crippen molar-refractivity contribution >= 4 is 6.29 Å². The van der Waals surface area contributed by atoms with E-state index in [4.69, 9.17) is 10.00 Å². The van der Waals surface area contributed by atoms with Crippen molar-refractivity contribution in [1.82, 2.24) is 14.8 Å². The summed E-state index contributed by atoms with van der Waals surface area (Å²) < 4.78 is 7.27. The van der Waals surface area contributed by atoms with E-state index in [-0.39, 0.29) is 0 Å². The van der Waals surface area contributed by atoms with Gasteiger partial charge in [0.05, 0.1) is 29.6 Å². The Morgan fingerprint density at radius 1 is 1.19 bits per heavy atom. The number of rotatable bonds is 6. The molecule has 0 unspecified atom stereocenters. The first kappa shape index (κ1) is 16.9. The first-order chi connectivity index (χ1) is 12.7. The van der Waals surface area contributed by atoms with E-state index in [0.29, 0.717) is 41.3 Å². The molecule has 7 nitrogen and oxygen atoms in total. The Hall–Kier alpha value is -3.97. The Bertz CT molecular complexity index is 1030. The van der Waals surface area contributed by atoms with E-state index in [0.717, 1.165) is 11.8 Å². The number of pyridine rings is 1. The van der Waals surface area contributed by atoms with Gasteiger partial charge in [0, 0.05) is 23.5 Å². The largest absolute Gasteiger partial charge is 0.490 e. The zero-order valence-electron chi connectivity index (χ0n) is 13.7. The lowest BCUT2D eigenvalue weighted by molar-refractivity contribution is 0.112. The van der Waals surface area contributed by atoms with Gasteiger partial charge in [0.1, 0.15) is 30.8 Å². The molecule has 7 heteroatoms. The Morgan fingerprint density at radius 3 is 2.81 bits per heavy atom. The van der Waals surface area contributed by atoms with Gasteiger partial charge in [-0.25, -0.2) is 0 Å². The minimum atomic E-state index is 0.305. The zero-order chi connectivity index (χ0) is 18.4. The van der Waals surface area contributed by atoms with Gasteiger partial charge in [0.2, 0.25) is 0 Å². The number of hydrogen-bond acceptors (Lipinski definition) is 6. The van der Waals surface area contributed by atoms with E-state index in [2.05, 4.69) is 16.2 Å². The molecule has 0 bridgehead atoms. The van der Waals surface area contributed by atoms with Crippen molar-refractivity contribution in [1.29, 1.82) is 10.5 Å². The maximum Gasteiger partial charge on any atom is 0.150 e. The molecule has 0 aliphatic carbocycles. The van der Waals surface area contributed by atoms with Gasteiger partial charge in [0.15, 0.2) is 0 Å². The molecule has 0 N–H and O–H groups in total. The number of hydrogen-bond donors (Lipinski definition) is 0. The number of nitrogens with zero attached hydrogens (tertiary/aromatic N) is 5. The van der Waals surface area contributed by atoms with Crippen molar-refractivity contribution in [2.75, 3.05) is 6.61 Å². The predicted octanol–water partition coefficient (Wildman–Crippen LogP) is 2.58. The number of carbonyl (C=O) groups excluding carboxylic acids is 1. The van der Waals surface area contributed by atoms with Crippen molar-refractivity contribution in [2.24, 2.45) is 0 Å². The summed E-state index contributed by atoms with van der Waals surface area (Å²) in [7, 11) is 0. The average molecular weight is 343 g/mol. The molecule has 2 aromatic heterocycles. The Balaban J connectivity index is 1.73. The summed E-state index contributed by atoms with van der Waals surface area (Å²) >= 11 is 0. The second kappa shape index (κ2) is 7.73. The van der Waals surface area contributed by atoms with Crippen LogP contribution in [0.15, 0.2) is 48.9 Å².